The van der Waals surface area contributed by atoms with Crippen molar-refractivity contribution in [2.45, 2.75) is 43.6 Å². The molecule has 4 atom stereocenters. The molecule has 1 fully saturated rings. The van der Waals surface area contributed by atoms with E-state index in [1.807, 2.05) is 18.2 Å². The molecule has 33 heavy (non-hydrogen) atoms. The van der Waals surface area contributed by atoms with E-state index >= 15 is 0 Å². The third kappa shape index (κ3) is 4.02. The van der Waals surface area contributed by atoms with Gasteiger partial charge in [-0.2, -0.15) is 0 Å². The van der Waals surface area contributed by atoms with Crippen molar-refractivity contribution in [1.82, 2.24) is 0 Å². The van der Waals surface area contributed by atoms with Gasteiger partial charge in [0.25, 0.3) is 0 Å². The molecule has 2 aromatic carbocycles. The van der Waals surface area contributed by atoms with E-state index in [0.717, 1.165) is 61.7 Å². The van der Waals surface area contributed by atoms with Gasteiger partial charge in [0, 0.05) is 29.1 Å². The van der Waals surface area contributed by atoms with Gasteiger partial charge in [0.2, 0.25) is 5.91 Å². The molecule has 174 valence electrons. The Bertz CT molecular complexity index is 1090. The van der Waals surface area contributed by atoms with Crippen LogP contribution in [-0.2, 0) is 11.8 Å². The maximum absolute atomic E-state index is 11.9. The fraction of sp³-hybridized carbons (Fsp3) is 0.444. The molecular formula is C27H31ClN2O3. The van der Waals surface area contributed by atoms with Crippen molar-refractivity contribution < 1.29 is 14.6 Å². The Labute approximate surface area is 200 Å². The smallest absolute Gasteiger partial charge is 0.248 e. The van der Waals surface area contributed by atoms with Crippen LogP contribution in [0.1, 0.15) is 47.2 Å². The Kier molecular flexibility index (Phi) is 5.87. The number of fused-ring (bicyclic) bond motifs is 3. The lowest BCUT2D eigenvalue weighted by atomic mass is 9.68. The highest BCUT2D eigenvalue weighted by molar-refractivity contribution is 6.30. The molecule has 2 aromatic rings. The first-order valence-corrected chi connectivity index (χ1v) is 12.2. The van der Waals surface area contributed by atoms with Gasteiger partial charge >= 0.3 is 0 Å². The topological polar surface area (TPSA) is 75.8 Å². The van der Waals surface area contributed by atoms with E-state index in [9.17, 15) is 9.90 Å². The molecule has 0 aromatic heterocycles. The number of carbonyl (C=O) groups is 1. The zero-order chi connectivity index (χ0) is 23.2. The molecule has 0 saturated heterocycles. The molecule has 0 bridgehead atoms. The normalized spacial score (nSPS) is 26.9. The molecule has 1 unspecified atom stereocenters. The quantitative estimate of drug-likeness (QED) is 0.637. The minimum absolute atomic E-state index is 0.166. The van der Waals surface area contributed by atoms with Crippen LogP contribution in [0, 0.1) is 11.8 Å². The number of nitrogens with zero attached hydrogens (tertiary/aromatic N) is 1. The molecule has 1 heterocycles. The van der Waals surface area contributed by atoms with Crippen molar-refractivity contribution >= 4 is 23.2 Å². The number of nitrogens with two attached hydrogens (primary N) is 1. The number of aliphatic hydroxyl groups excluding tert-OH is 1. The van der Waals surface area contributed by atoms with Crippen LogP contribution in [0.25, 0.3) is 0 Å². The predicted octanol–water partition coefficient (Wildman–Crippen LogP) is 4.49. The molecule has 2 aliphatic carbocycles. The van der Waals surface area contributed by atoms with Crippen LogP contribution < -0.4 is 15.4 Å². The number of aryl methyl sites for hydroxylation is 1. The number of aliphatic hydroxyl groups is 1. The minimum atomic E-state index is -0.491. The van der Waals surface area contributed by atoms with E-state index in [-0.39, 0.29) is 11.3 Å². The van der Waals surface area contributed by atoms with Gasteiger partial charge in [-0.05, 0) is 85.4 Å². The SMILES string of the molecule is C=C[C@H](O)[C@@H]1CC[C@H]1CN1CC2(CCCc3cc(Cl)ccc32)COc2ccc(C(N)=O)cc21. The van der Waals surface area contributed by atoms with Gasteiger partial charge in [-0.15, -0.1) is 6.58 Å². The third-order valence-electron chi connectivity index (χ3n) is 7.93. The Balaban J connectivity index is 1.55. The van der Waals surface area contributed by atoms with Gasteiger partial charge < -0.3 is 20.5 Å². The second-order valence-electron chi connectivity index (χ2n) is 9.88. The average Bonchev–Trinajstić information content (AvgIpc) is 2.93. The van der Waals surface area contributed by atoms with Crippen LogP contribution in [0.5, 0.6) is 5.75 Å². The van der Waals surface area contributed by atoms with Crippen molar-refractivity contribution in [2.75, 3.05) is 24.6 Å². The van der Waals surface area contributed by atoms with Crippen LogP contribution in [0.4, 0.5) is 5.69 Å². The first-order chi connectivity index (χ1) is 15.9. The number of primary amides is 1. The van der Waals surface area contributed by atoms with Crippen molar-refractivity contribution in [1.29, 1.82) is 0 Å². The van der Waals surface area contributed by atoms with E-state index in [2.05, 4.69) is 23.6 Å². The summed E-state index contributed by atoms with van der Waals surface area (Å²) in [6.07, 6.45) is 6.35. The number of hydrogen-bond acceptors (Lipinski definition) is 4. The molecule has 5 nitrogen and oxygen atoms in total. The third-order valence-corrected chi connectivity index (χ3v) is 8.17. The van der Waals surface area contributed by atoms with E-state index < -0.39 is 12.0 Å². The largest absolute Gasteiger partial charge is 0.490 e. The second kappa shape index (κ2) is 8.69. The number of benzene rings is 2. The fourth-order valence-electron chi connectivity index (χ4n) is 6.00. The second-order valence-corrected chi connectivity index (χ2v) is 10.3. The molecule has 1 spiro atoms. The highest BCUT2D eigenvalue weighted by Crippen LogP contribution is 2.46. The van der Waals surface area contributed by atoms with Crippen molar-refractivity contribution in [3.05, 3.63) is 70.8 Å². The Morgan fingerprint density at radius 2 is 2.18 bits per heavy atom. The Hall–Kier alpha value is -2.50. The van der Waals surface area contributed by atoms with Crippen molar-refractivity contribution in [3.63, 3.8) is 0 Å². The number of rotatable bonds is 5. The van der Waals surface area contributed by atoms with Crippen LogP contribution in [-0.4, -0.2) is 36.8 Å². The van der Waals surface area contributed by atoms with E-state index in [0.29, 0.717) is 18.1 Å². The molecular weight excluding hydrogens is 436 g/mol. The molecule has 3 aliphatic rings. The number of halogens is 1. The molecule has 3 N–H and O–H groups in total. The maximum atomic E-state index is 11.9. The highest BCUT2D eigenvalue weighted by atomic mass is 35.5. The molecule has 0 radical (unpaired) electrons. The summed E-state index contributed by atoms with van der Waals surface area (Å²) in [6.45, 7) is 5.93. The number of ether oxygens (including phenoxy) is 1. The maximum Gasteiger partial charge on any atom is 0.248 e. The van der Waals surface area contributed by atoms with Crippen molar-refractivity contribution in [2.24, 2.45) is 17.6 Å². The number of carbonyl (C=O) groups excluding carboxylic acids is 1. The lowest BCUT2D eigenvalue weighted by Crippen LogP contribution is -2.49. The molecule has 1 saturated carbocycles. The van der Waals surface area contributed by atoms with E-state index in [1.165, 1.54) is 11.1 Å². The van der Waals surface area contributed by atoms with E-state index in [4.69, 9.17) is 22.1 Å². The fourth-order valence-corrected chi connectivity index (χ4v) is 6.19. The molecule has 5 rings (SSSR count). The van der Waals surface area contributed by atoms with Gasteiger partial charge in [-0.25, -0.2) is 0 Å². The molecule has 1 amide bonds. The number of hydrogen-bond donors (Lipinski definition) is 2. The first-order valence-electron chi connectivity index (χ1n) is 11.8. The number of amides is 1. The summed E-state index contributed by atoms with van der Waals surface area (Å²) in [6, 6.07) is 11.7. The number of anilines is 1. The van der Waals surface area contributed by atoms with Crippen LogP contribution in [0.2, 0.25) is 5.02 Å². The van der Waals surface area contributed by atoms with Gasteiger partial charge in [0.15, 0.2) is 0 Å². The lowest BCUT2D eigenvalue weighted by molar-refractivity contribution is 0.0460. The van der Waals surface area contributed by atoms with Gasteiger partial charge in [-0.3, -0.25) is 4.79 Å². The Morgan fingerprint density at radius 1 is 1.33 bits per heavy atom. The molecule has 1 aliphatic heterocycles. The van der Waals surface area contributed by atoms with Gasteiger partial charge in [0.1, 0.15) is 5.75 Å². The zero-order valence-corrected chi connectivity index (χ0v) is 19.6. The summed E-state index contributed by atoms with van der Waals surface area (Å²) in [5.41, 5.74) is 9.43. The van der Waals surface area contributed by atoms with Crippen LogP contribution >= 0.6 is 11.6 Å². The summed E-state index contributed by atoms with van der Waals surface area (Å²) in [5.74, 6) is 0.894. The van der Waals surface area contributed by atoms with Crippen LogP contribution in [0.3, 0.4) is 0 Å². The van der Waals surface area contributed by atoms with Gasteiger partial charge in [0.05, 0.1) is 18.4 Å². The zero-order valence-electron chi connectivity index (χ0n) is 18.8. The Morgan fingerprint density at radius 3 is 2.91 bits per heavy atom. The van der Waals surface area contributed by atoms with Crippen molar-refractivity contribution in [3.8, 4) is 5.75 Å². The highest BCUT2D eigenvalue weighted by Gasteiger charge is 2.44. The van der Waals surface area contributed by atoms with Gasteiger partial charge in [-0.1, -0.05) is 23.7 Å². The summed E-state index contributed by atoms with van der Waals surface area (Å²) < 4.78 is 6.43. The standard InChI is InChI=1S/C27H31ClN2O3/c1-2-24(31)21-8-5-19(21)14-30-15-27(11-3-4-17-12-20(28)7-9-22(17)27)16-33-25-10-6-18(26(29)32)13-23(25)30/h2,6-7,9-10,12-13,19,21,24,31H,1,3-5,8,11,14-16H2,(H2,29,32)/t19-,21+,24-,27?/m0/s1. The summed E-state index contributed by atoms with van der Waals surface area (Å²) in [4.78, 5) is 14.3. The molecule has 6 heteroatoms. The lowest BCUT2D eigenvalue weighted by Gasteiger charge is -2.45. The summed E-state index contributed by atoms with van der Waals surface area (Å²) in [5, 5.41) is 11.2. The summed E-state index contributed by atoms with van der Waals surface area (Å²) >= 11 is 6.32. The van der Waals surface area contributed by atoms with E-state index in [1.54, 1.807) is 12.1 Å². The predicted molar refractivity (Wildman–Crippen MR) is 131 cm³/mol. The minimum Gasteiger partial charge on any atom is -0.490 e. The first kappa shape index (κ1) is 22.3. The summed E-state index contributed by atoms with van der Waals surface area (Å²) in [7, 11) is 0. The van der Waals surface area contributed by atoms with Crippen LogP contribution in [0.15, 0.2) is 49.1 Å². The monoisotopic (exact) mass is 466 g/mol. The average molecular weight is 467 g/mol.